The van der Waals surface area contributed by atoms with Crippen molar-refractivity contribution in [3.8, 4) is 0 Å². The summed E-state index contributed by atoms with van der Waals surface area (Å²) >= 11 is 0. The van der Waals surface area contributed by atoms with Crippen LogP contribution in [0.25, 0.3) is 0 Å². The molecule has 2 N–H and O–H groups in total. The van der Waals surface area contributed by atoms with Crippen LogP contribution in [0.3, 0.4) is 0 Å². The van der Waals surface area contributed by atoms with Crippen molar-refractivity contribution in [1.82, 2.24) is 0 Å². The van der Waals surface area contributed by atoms with Crippen molar-refractivity contribution in [2.24, 2.45) is 5.41 Å². The van der Waals surface area contributed by atoms with Gasteiger partial charge in [-0.15, -0.1) is 0 Å². The van der Waals surface area contributed by atoms with E-state index in [1.54, 1.807) is 7.11 Å². The fourth-order valence-electron chi connectivity index (χ4n) is 1.89. The molecule has 3 atom stereocenters. The SMILES string of the molecule is CCC(C)(CC(C)(CC)C(O)CO)OC. The molecule has 0 aromatic heterocycles. The Balaban J connectivity index is 4.68. The molecular weight excluding hydrogens is 192 g/mol. The summed E-state index contributed by atoms with van der Waals surface area (Å²) in [6.45, 7) is 7.97. The van der Waals surface area contributed by atoms with Gasteiger partial charge in [-0.1, -0.05) is 20.8 Å². The lowest BCUT2D eigenvalue weighted by Crippen LogP contribution is -2.42. The molecule has 0 aliphatic carbocycles. The molecule has 0 aromatic rings. The molecule has 0 aromatic carbocycles. The summed E-state index contributed by atoms with van der Waals surface area (Å²) in [6, 6.07) is 0. The van der Waals surface area contributed by atoms with Crippen LogP contribution in [-0.2, 0) is 4.74 Å². The van der Waals surface area contributed by atoms with Crippen molar-refractivity contribution in [2.75, 3.05) is 13.7 Å². The third kappa shape index (κ3) is 3.74. The molecule has 0 radical (unpaired) electrons. The van der Waals surface area contributed by atoms with Crippen molar-refractivity contribution in [2.45, 2.75) is 58.7 Å². The Hall–Kier alpha value is -0.120. The monoisotopic (exact) mass is 218 g/mol. The largest absolute Gasteiger partial charge is 0.394 e. The Labute approximate surface area is 93.5 Å². The third-order valence-electron chi connectivity index (χ3n) is 3.80. The van der Waals surface area contributed by atoms with Gasteiger partial charge in [0.25, 0.3) is 0 Å². The van der Waals surface area contributed by atoms with E-state index in [-0.39, 0.29) is 17.6 Å². The van der Waals surface area contributed by atoms with Crippen LogP contribution in [-0.4, -0.2) is 35.6 Å². The molecule has 15 heavy (non-hydrogen) atoms. The van der Waals surface area contributed by atoms with Gasteiger partial charge in [-0.3, -0.25) is 0 Å². The van der Waals surface area contributed by atoms with Crippen molar-refractivity contribution in [3.63, 3.8) is 0 Å². The second-order valence-electron chi connectivity index (χ2n) is 4.89. The van der Waals surface area contributed by atoms with Crippen molar-refractivity contribution >= 4 is 0 Å². The van der Waals surface area contributed by atoms with Gasteiger partial charge in [0.15, 0.2) is 0 Å². The smallest absolute Gasteiger partial charge is 0.0825 e. The Morgan fingerprint density at radius 3 is 2.00 bits per heavy atom. The lowest BCUT2D eigenvalue weighted by Gasteiger charge is -2.40. The van der Waals surface area contributed by atoms with Gasteiger partial charge in [0.1, 0.15) is 0 Å². The van der Waals surface area contributed by atoms with Crippen LogP contribution in [0, 0.1) is 5.41 Å². The van der Waals surface area contributed by atoms with E-state index in [0.29, 0.717) is 0 Å². The summed E-state index contributed by atoms with van der Waals surface area (Å²) in [5.74, 6) is 0. The van der Waals surface area contributed by atoms with E-state index >= 15 is 0 Å². The number of aliphatic hydroxyl groups is 2. The molecule has 92 valence electrons. The van der Waals surface area contributed by atoms with Gasteiger partial charge in [-0.25, -0.2) is 0 Å². The Morgan fingerprint density at radius 2 is 1.73 bits per heavy atom. The Bertz CT molecular complexity index is 178. The summed E-state index contributed by atoms with van der Waals surface area (Å²) in [4.78, 5) is 0. The van der Waals surface area contributed by atoms with Crippen LogP contribution in [0.2, 0.25) is 0 Å². The first-order valence-corrected chi connectivity index (χ1v) is 5.71. The molecule has 0 aliphatic heterocycles. The Morgan fingerprint density at radius 1 is 1.20 bits per heavy atom. The minimum Gasteiger partial charge on any atom is -0.394 e. The molecule has 3 heteroatoms. The minimum atomic E-state index is -0.677. The summed E-state index contributed by atoms with van der Waals surface area (Å²) in [5, 5.41) is 18.9. The maximum absolute atomic E-state index is 9.83. The summed E-state index contributed by atoms with van der Waals surface area (Å²) in [6.07, 6.45) is 1.80. The Kier molecular flexibility index (Phi) is 5.78. The van der Waals surface area contributed by atoms with E-state index in [0.717, 1.165) is 19.3 Å². The van der Waals surface area contributed by atoms with E-state index in [2.05, 4.69) is 6.92 Å². The second kappa shape index (κ2) is 5.83. The number of aliphatic hydroxyl groups excluding tert-OH is 2. The van der Waals surface area contributed by atoms with E-state index in [1.165, 1.54) is 0 Å². The lowest BCUT2D eigenvalue weighted by atomic mass is 9.72. The van der Waals surface area contributed by atoms with E-state index in [4.69, 9.17) is 9.84 Å². The molecular formula is C12H26O3. The number of methoxy groups -OCH3 is 1. The zero-order valence-electron chi connectivity index (χ0n) is 10.7. The van der Waals surface area contributed by atoms with Crippen molar-refractivity contribution in [1.29, 1.82) is 0 Å². The fourth-order valence-corrected chi connectivity index (χ4v) is 1.89. The summed E-state index contributed by atoms with van der Waals surface area (Å²) in [7, 11) is 1.70. The average Bonchev–Trinajstić information content (AvgIpc) is 2.27. The van der Waals surface area contributed by atoms with Gasteiger partial charge in [-0.2, -0.15) is 0 Å². The van der Waals surface area contributed by atoms with Crippen LogP contribution in [0.1, 0.15) is 47.0 Å². The highest BCUT2D eigenvalue weighted by atomic mass is 16.5. The topological polar surface area (TPSA) is 49.7 Å². The van der Waals surface area contributed by atoms with Gasteiger partial charge in [-0.05, 0) is 31.6 Å². The molecule has 0 aliphatic rings. The second-order valence-corrected chi connectivity index (χ2v) is 4.89. The average molecular weight is 218 g/mol. The maximum atomic E-state index is 9.83. The van der Waals surface area contributed by atoms with Gasteiger partial charge in [0.05, 0.1) is 18.3 Å². The highest BCUT2D eigenvalue weighted by Crippen LogP contribution is 2.37. The summed E-state index contributed by atoms with van der Waals surface area (Å²) < 4.78 is 5.49. The van der Waals surface area contributed by atoms with E-state index < -0.39 is 6.10 Å². The van der Waals surface area contributed by atoms with Crippen LogP contribution in [0.15, 0.2) is 0 Å². The number of ether oxygens (including phenoxy) is 1. The third-order valence-corrected chi connectivity index (χ3v) is 3.80. The minimum absolute atomic E-state index is 0.187. The molecule has 0 saturated carbocycles. The van der Waals surface area contributed by atoms with Gasteiger partial charge in [0.2, 0.25) is 0 Å². The normalized spacial score (nSPS) is 21.8. The first-order chi connectivity index (χ1) is 6.87. The molecule has 0 fully saturated rings. The maximum Gasteiger partial charge on any atom is 0.0825 e. The highest BCUT2D eigenvalue weighted by Gasteiger charge is 2.38. The van der Waals surface area contributed by atoms with Crippen molar-refractivity contribution in [3.05, 3.63) is 0 Å². The molecule has 3 nitrogen and oxygen atoms in total. The van der Waals surface area contributed by atoms with Crippen LogP contribution in [0.4, 0.5) is 0 Å². The quantitative estimate of drug-likeness (QED) is 0.687. The predicted molar refractivity (Wildman–Crippen MR) is 61.8 cm³/mol. The molecule has 0 amide bonds. The number of hydrogen-bond acceptors (Lipinski definition) is 3. The van der Waals surface area contributed by atoms with E-state index in [1.807, 2.05) is 20.8 Å². The first-order valence-electron chi connectivity index (χ1n) is 5.71. The number of hydrogen-bond donors (Lipinski definition) is 2. The van der Waals surface area contributed by atoms with Gasteiger partial charge in [0, 0.05) is 7.11 Å². The lowest BCUT2D eigenvalue weighted by molar-refractivity contribution is -0.0831. The summed E-state index contributed by atoms with van der Waals surface area (Å²) in [5.41, 5.74) is -0.504. The van der Waals surface area contributed by atoms with Crippen LogP contribution >= 0.6 is 0 Å². The molecule has 0 saturated heterocycles. The zero-order valence-corrected chi connectivity index (χ0v) is 10.7. The predicted octanol–water partition coefficient (Wildman–Crippen LogP) is 1.96. The molecule has 0 rings (SSSR count). The van der Waals surface area contributed by atoms with Gasteiger partial charge >= 0.3 is 0 Å². The highest BCUT2D eigenvalue weighted by molar-refractivity contribution is 4.89. The first kappa shape index (κ1) is 14.9. The zero-order chi connectivity index (χ0) is 12.1. The van der Waals surface area contributed by atoms with E-state index in [9.17, 15) is 5.11 Å². The molecule has 0 heterocycles. The van der Waals surface area contributed by atoms with Crippen LogP contribution in [0.5, 0.6) is 0 Å². The number of rotatable bonds is 7. The van der Waals surface area contributed by atoms with Gasteiger partial charge < -0.3 is 14.9 Å². The van der Waals surface area contributed by atoms with Crippen molar-refractivity contribution < 1.29 is 14.9 Å². The molecule has 0 spiro atoms. The van der Waals surface area contributed by atoms with Crippen LogP contribution < -0.4 is 0 Å². The molecule has 3 unspecified atom stereocenters. The fraction of sp³-hybridized carbons (Fsp3) is 1.00. The standard InChI is InChI=1S/C12H26O3/c1-6-11(3,10(14)8-13)9-12(4,7-2)15-5/h10,13-14H,6-9H2,1-5H3. The molecule has 0 bridgehead atoms.